The van der Waals surface area contributed by atoms with E-state index in [2.05, 4.69) is 4.98 Å². The quantitative estimate of drug-likeness (QED) is 0.829. The molecule has 5 heteroatoms. The van der Waals surface area contributed by atoms with Gasteiger partial charge in [-0.3, -0.25) is 9.78 Å². The number of ketones is 1. The summed E-state index contributed by atoms with van der Waals surface area (Å²) in [6.07, 6.45) is 0.989. The summed E-state index contributed by atoms with van der Waals surface area (Å²) in [5.74, 6) is -2.09. The van der Waals surface area contributed by atoms with Crippen LogP contribution in [0.5, 0.6) is 5.75 Å². The molecule has 0 spiro atoms. The Morgan fingerprint density at radius 3 is 2.27 bits per heavy atom. The van der Waals surface area contributed by atoms with E-state index in [9.17, 15) is 19.8 Å². The number of Topliss-reactive ketones (excluding diaryl/α,β-unsaturated/α-hetero) is 1. The number of carbonyl (C=O) groups is 2. The van der Waals surface area contributed by atoms with Crippen molar-refractivity contribution in [2.75, 3.05) is 0 Å². The van der Waals surface area contributed by atoms with E-state index < -0.39 is 11.8 Å². The van der Waals surface area contributed by atoms with Crippen LogP contribution in [0.4, 0.5) is 0 Å². The van der Waals surface area contributed by atoms with Gasteiger partial charge in [0, 0.05) is 0 Å². The van der Waals surface area contributed by atoms with Gasteiger partial charge in [-0.1, -0.05) is 30.3 Å². The van der Waals surface area contributed by atoms with Gasteiger partial charge >= 0.3 is 5.97 Å². The highest BCUT2D eigenvalue weighted by atomic mass is 16.4. The van der Waals surface area contributed by atoms with E-state index in [1.165, 1.54) is 6.92 Å². The smallest absolute Gasteiger partial charge is 0.338 e. The maximum absolute atomic E-state index is 11.7. The number of hydrogen-bond acceptors (Lipinski definition) is 4. The van der Waals surface area contributed by atoms with Crippen molar-refractivity contribution >= 4 is 11.8 Å². The topological polar surface area (TPSA) is 87.5 Å². The third kappa shape index (κ3) is 3.14. The van der Waals surface area contributed by atoms with E-state index in [1.807, 2.05) is 30.3 Å². The van der Waals surface area contributed by atoms with Crippen LogP contribution in [0.25, 0.3) is 0 Å². The molecular weight excluding hydrogens is 282 g/mol. The molecular formula is C17H17NO4. The van der Waals surface area contributed by atoms with Crippen molar-refractivity contribution in [3.8, 4) is 5.75 Å². The van der Waals surface area contributed by atoms with Gasteiger partial charge in [0.2, 0.25) is 0 Å². The Balaban J connectivity index is 2.46. The highest BCUT2D eigenvalue weighted by molar-refractivity contribution is 6.07. The second-order valence-electron chi connectivity index (χ2n) is 5.09. The number of aromatic nitrogens is 1. The number of carbonyl (C=O) groups excluding carboxylic acids is 1. The SMILES string of the molecule is CC(=O)c1c(O)c(C)nc(CCc2ccccc2)c1C(=O)O. The van der Waals surface area contributed by atoms with Gasteiger partial charge in [0.05, 0.1) is 22.5 Å². The zero-order chi connectivity index (χ0) is 16.3. The number of nitrogens with zero attached hydrogens (tertiary/aromatic N) is 1. The molecule has 0 bridgehead atoms. The van der Waals surface area contributed by atoms with Crippen LogP contribution < -0.4 is 0 Å². The monoisotopic (exact) mass is 299 g/mol. The highest BCUT2D eigenvalue weighted by Crippen LogP contribution is 2.28. The van der Waals surface area contributed by atoms with E-state index >= 15 is 0 Å². The van der Waals surface area contributed by atoms with Crippen LogP contribution in [-0.4, -0.2) is 26.9 Å². The lowest BCUT2D eigenvalue weighted by molar-refractivity contribution is 0.0689. The van der Waals surface area contributed by atoms with Crippen LogP contribution in [0.3, 0.4) is 0 Å². The van der Waals surface area contributed by atoms with E-state index in [-0.39, 0.29) is 22.6 Å². The van der Waals surface area contributed by atoms with Gasteiger partial charge < -0.3 is 10.2 Å². The second kappa shape index (κ2) is 6.39. The number of carboxylic acids is 1. The van der Waals surface area contributed by atoms with Crippen LogP contribution in [0, 0.1) is 6.92 Å². The zero-order valence-electron chi connectivity index (χ0n) is 12.5. The Kier molecular flexibility index (Phi) is 4.56. The third-order valence-corrected chi connectivity index (χ3v) is 3.48. The Morgan fingerprint density at radius 2 is 1.73 bits per heavy atom. The maximum atomic E-state index is 11.7. The van der Waals surface area contributed by atoms with E-state index in [0.717, 1.165) is 5.56 Å². The Morgan fingerprint density at radius 1 is 1.09 bits per heavy atom. The number of carboxylic acid groups (broad SMARTS) is 1. The summed E-state index contributed by atoms with van der Waals surface area (Å²) >= 11 is 0. The van der Waals surface area contributed by atoms with Crippen molar-refractivity contribution in [3.05, 3.63) is 58.4 Å². The first-order valence-corrected chi connectivity index (χ1v) is 6.92. The van der Waals surface area contributed by atoms with Crippen molar-refractivity contribution in [2.45, 2.75) is 26.7 Å². The fourth-order valence-electron chi connectivity index (χ4n) is 2.42. The second-order valence-corrected chi connectivity index (χ2v) is 5.09. The number of aryl methyl sites for hydroxylation is 3. The molecule has 0 aliphatic carbocycles. The van der Waals surface area contributed by atoms with Crippen molar-refractivity contribution in [1.29, 1.82) is 0 Å². The summed E-state index contributed by atoms with van der Waals surface area (Å²) in [5, 5.41) is 19.4. The Hall–Kier alpha value is -2.69. The third-order valence-electron chi connectivity index (χ3n) is 3.48. The van der Waals surface area contributed by atoms with Crippen LogP contribution in [0.15, 0.2) is 30.3 Å². The van der Waals surface area contributed by atoms with Crippen LogP contribution in [0.1, 0.15) is 44.6 Å². The van der Waals surface area contributed by atoms with Crippen molar-refractivity contribution in [2.24, 2.45) is 0 Å². The molecule has 2 aromatic rings. The lowest BCUT2D eigenvalue weighted by Crippen LogP contribution is -2.14. The van der Waals surface area contributed by atoms with Gasteiger partial charge in [0.15, 0.2) is 5.78 Å². The fraction of sp³-hybridized carbons (Fsp3) is 0.235. The minimum absolute atomic E-state index is 0.164. The summed E-state index contributed by atoms with van der Waals surface area (Å²) < 4.78 is 0. The molecule has 0 amide bonds. The molecule has 0 fully saturated rings. The molecule has 114 valence electrons. The summed E-state index contributed by atoms with van der Waals surface area (Å²) in [6.45, 7) is 2.79. The zero-order valence-corrected chi connectivity index (χ0v) is 12.5. The first-order chi connectivity index (χ1) is 10.4. The lowest BCUT2D eigenvalue weighted by Gasteiger charge is -2.13. The molecule has 22 heavy (non-hydrogen) atoms. The molecule has 2 rings (SSSR count). The number of benzene rings is 1. The van der Waals surface area contributed by atoms with Crippen molar-refractivity contribution < 1.29 is 19.8 Å². The predicted octanol–water partition coefficient (Wildman–Crippen LogP) is 2.78. The number of pyridine rings is 1. The predicted molar refractivity (Wildman–Crippen MR) is 81.5 cm³/mol. The Bertz CT molecular complexity index is 723. The summed E-state index contributed by atoms with van der Waals surface area (Å²) in [7, 11) is 0. The highest BCUT2D eigenvalue weighted by Gasteiger charge is 2.25. The first kappa shape index (κ1) is 15.7. The van der Waals surface area contributed by atoms with E-state index in [1.54, 1.807) is 6.92 Å². The van der Waals surface area contributed by atoms with Gasteiger partial charge in [0.25, 0.3) is 0 Å². The summed E-state index contributed by atoms with van der Waals surface area (Å²) in [5.41, 5.74) is 1.26. The van der Waals surface area contributed by atoms with E-state index in [4.69, 9.17) is 0 Å². The lowest BCUT2D eigenvalue weighted by atomic mass is 9.97. The minimum atomic E-state index is -1.25. The normalized spacial score (nSPS) is 10.5. The maximum Gasteiger partial charge on any atom is 0.338 e. The molecule has 0 saturated heterocycles. The number of hydrogen-bond donors (Lipinski definition) is 2. The molecule has 0 radical (unpaired) electrons. The molecule has 0 atom stereocenters. The van der Waals surface area contributed by atoms with Gasteiger partial charge in [-0.15, -0.1) is 0 Å². The number of aromatic carboxylic acids is 1. The fourth-order valence-corrected chi connectivity index (χ4v) is 2.42. The molecule has 5 nitrogen and oxygen atoms in total. The van der Waals surface area contributed by atoms with Crippen LogP contribution >= 0.6 is 0 Å². The molecule has 0 aliphatic heterocycles. The number of rotatable bonds is 5. The largest absolute Gasteiger partial charge is 0.505 e. The minimum Gasteiger partial charge on any atom is -0.505 e. The Labute approximate surface area is 128 Å². The summed E-state index contributed by atoms with van der Waals surface area (Å²) in [6, 6.07) is 9.61. The standard InChI is InChI=1S/C17H17NO4/c1-10-16(20)14(11(2)19)15(17(21)22)13(18-10)9-8-12-6-4-3-5-7-12/h3-7,20H,8-9H2,1-2H3,(H,21,22). The van der Waals surface area contributed by atoms with Crippen molar-refractivity contribution in [1.82, 2.24) is 4.98 Å². The van der Waals surface area contributed by atoms with Gasteiger partial charge in [-0.05, 0) is 32.3 Å². The van der Waals surface area contributed by atoms with Gasteiger partial charge in [-0.25, -0.2) is 4.79 Å². The molecule has 1 aromatic heterocycles. The molecule has 0 aliphatic rings. The van der Waals surface area contributed by atoms with Crippen LogP contribution in [0.2, 0.25) is 0 Å². The first-order valence-electron chi connectivity index (χ1n) is 6.92. The molecule has 1 heterocycles. The molecule has 0 saturated carbocycles. The van der Waals surface area contributed by atoms with E-state index in [0.29, 0.717) is 18.5 Å². The molecule has 0 unspecified atom stereocenters. The van der Waals surface area contributed by atoms with Crippen molar-refractivity contribution in [3.63, 3.8) is 0 Å². The van der Waals surface area contributed by atoms with Crippen LogP contribution in [-0.2, 0) is 12.8 Å². The average molecular weight is 299 g/mol. The average Bonchev–Trinajstić information content (AvgIpc) is 2.48. The summed E-state index contributed by atoms with van der Waals surface area (Å²) in [4.78, 5) is 27.4. The molecule has 1 aromatic carbocycles. The molecule has 2 N–H and O–H groups in total. The number of aromatic hydroxyl groups is 1. The van der Waals surface area contributed by atoms with Gasteiger partial charge in [0.1, 0.15) is 5.75 Å². The van der Waals surface area contributed by atoms with Gasteiger partial charge in [-0.2, -0.15) is 0 Å².